The van der Waals surface area contributed by atoms with Crippen molar-refractivity contribution >= 4 is 0 Å². The van der Waals surface area contributed by atoms with Gasteiger partial charge in [0.15, 0.2) is 0 Å². The molecule has 0 amide bonds. The second kappa shape index (κ2) is 5.16. The van der Waals surface area contributed by atoms with Gasteiger partial charge in [-0.3, -0.25) is 0 Å². The third kappa shape index (κ3) is 2.36. The molecule has 0 radical (unpaired) electrons. The van der Waals surface area contributed by atoms with Gasteiger partial charge in [0.25, 0.3) is 0 Å². The summed E-state index contributed by atoms with van der Waals surface area (Å²) in [5.74, 6) is 0.618. The molecule has 0 heterocycles. The lowest BCUT2D eigenvalue weighted by Crippen LogP contribution is -2.13. The number of hydrogen-bond acceptors (Lipinski definition) is 1. The zero-order chi connectivity index (χ0) is 10.6. The zero-order valence-electron chi connectivity index (χ0n) is 9.46. The maximum atomic E-state index is 5.99. The van der Waals surface area contributed by atoms with E-state index in [4.69, 9.17) is 5.73 Å². The average molecular weight is 191 g/mol. The van der Waals surface area contributed by atoms with Crippen LogP contribution >= 0.6 is 0 Å². The lowest BCUT2D eigenvalue weighted by molar-refractivity contribution is 0.513. The molecule has 0 saturated heterocycles. The van der Waals surface area contributed by atoms with E-state index in [0.717, 1.165) is 6.42 Å². The summed E-state index contributed by atoms with van der Waals surface area (Å²) in [5, 5.41) is 0. The molecule has 2 N–H and O–H groups in total. The van der Waals surface area contributed by atoms with Crippen molar-refractivity contribution in [3.8, 4) is 0 Å². The molecule has 0 aliphatic heterocycles. The molecule has 0 saturated carbocycles. The molecular formula is C13H21N. The van der Waals surface area contributed by atoms with Gasteiger partial charge in [-0.1, -0.05) is 51.5 Å². The topological polar surface area (TPSA) is 26.0 Å². The number of rotatable bonds is 0. The SMILES string of the molecule is CCC.C[C@@H]1Cc2ccccc2[C@@H]1N. The lowest BCUT2D eigenvalue weighted by Gasteiger charge is -2.08. The van der Waals surface area contributed by atoms with Crippen LogP contribution in [-0.4, -0.2) is 0 Å². The van der Waals surface area contributed by atoms with Crippen LogP contribution in [-0.2, 0) is 6.42 Å². The van der Waals surface area contributed by atoms with Crippen molar-refractivity contribution < 1.29 is 0 Å². The molecule has 0 bridgehead atoms. The highest BCUT2D eigenvalue weighted by molar-refractivity contribution is 5.34. The van der Waals surface area contributed by atoms with Crippen LogP contribution in [0.4, 0.5) is 0 Å². The Labute approximate surface area is 87.3 Å². The number of fused-ring (bicyclic) bond motifs is 1. The fourth-order valence-electron chi connectivity index (χ4n) is 1.83. The lowest BCUT2D eigenvalue weighted by atomic mass is 10.0. The summed E-state index contributed by atoms with van der Waals surface area (Å²) in [6.07, 6.45) is 2.40. The largest absolute Gasteiger partial charge is 0.324 e. The van der Waals surface area contributed by atoms with Gasteiger partial charge in [-0.05, 0) is 23.5 Å². The van der Waals surface area contributed by atoms with Crippen LogP contribution in [0.1, 0.15) is 44.4 Å². The number of benzene rings is 1. The molecule has 1 aliphatic rings. The number of hydrogen-bond donors (Lipinski definition) is 1. The van der Waals surface area contributed by atoms with E-state index in [-0.39, 0.29) is 6.04 Å². The molecule has 78 valence electrons. The predicted molar refractivity (Wildman–Crippen MR) is 62.2 cm³/mol. The van der Waals surface area contributed by atoms with Crippen molar-refractivity contribution in [1.29, 1.82) is 0 Å². The van der Waals surface area contributed by atoms with Crippen LogP contribution < -0.4 is 5.73 Å². The van der Waals surface area contributed by atoms with Crippen LogP contribution in [0.15, 0.2) is 24.3 Å². The standard InChI is InChI=1S/C10H13N.C3H8/c1-7-6-8-4-2-3-5-9(8)10(7)11;1-3-2/h2-5,7,10H,6,11H2,1H3;3H2,1-2H3/t7-,10-;/m1./s1. The van der Waals surface area contributed by atoms with Crippen molar-refractivity contribution in [2.24, 2.45) is 11.7 Å². The highest BCUT2D eigenvalue weighted by Gasteiger charge is 2.24. The van der Waals surface area contributed by atoms with E-state index in [1.54, 1.807) is 0 Å². The average Bonchev–Trinajstić information content (AvgIpc) is 2.45. The van der Waals surface area contributed by atoms with E-state index >= 15 is 0 Å². The Bertz CT molecular complexity index is 280. The molecule has 1 aliphatic carbocycles. The smallest absolute Gasteiger partial charge is 0.0326 e. The van der Waals surface area contributed by atoms with Crippen LogP contribution in [0.5, 0.6) is 0 Å². The maximum absolute atomic E-state index is 5.99. The van der Waals surface area contributed by atoms with E-state index < -0.39 is 0 Å². The summed E-state index contributed by atoms with van der Waals surface area (Å²) in [7, 11) is 0. The minimum Gasteiger partial charge on any atom is -0.324 e. The molecule has 2 rings (SSSR count). The second-order valence-corrected chi connectivity index (χ2v) is 4.11. The normalized spacial score (nSPS) is 23.7. The Balaban J connectivity index is 0.000000293. The first-order valence-electron chi connectivity index (χ1n) is 5.54. The van der Waals surface area contributed by atoms with E-state index in [0.29, 0.717) is 5.92 Å². The van der Waals surface area contributed by atoms with Crippen molar-refractivity contribution in [3.05, 3.63) is 35.4 Å². The van der Waals surface area contributed by atoms with Crippen LogP contribution in [0.25, 0.3) is 0 Å². The van der Waals surface area contributed by atoms with Gasteiger partial charge in [-0.25, -0.2) is 0 Å². The maximum Gasteiger partial charge on any atom is 0.0326 e. The van der Waals surface area contributed by atoms with Gasteiger partial charge in [-0.2, -0.15) is 0 Å². The minimum atomic E-state index is 0.270. The molecule has 0 aromatic heterocycles. The van der Waals surface area contributed by atoms with E-state index in [1.807, 2.05) is 0 Å². The summed E-state index contributed by atoms with van der Waals surface area (Å²) < 4.78 is 0. The Morgan fingerprint density at radius 1 is 1.29 bits per heavy atom. The first-order chi connectivity index (χ1) is 6.70. The van der Waals surface area contributed by atoms with E-state index in [9.17, 15) is 0 Å². The predicted octanol–water partition coefficient (Wildman–Crippen LogP) is 3.29. The van der Waals surface area contributed by atoms with Crippen molar-refractivity contribution in [3.63, 3.8) is 0 Å². The fraction of sp³-hybridized carbons (Fsp3) is 0.538. The monoisotopic (exact) mass is 191 g/mol. The van der Waals surface area contributed by atoms with E-state index in [2.05, 4.69) is 45.0 Å². The Hall–Kier alpha value is -0.820. The molecule has 0 unspecified atom stereocenters. The van der Waals surface area contributed by atoms with Gasteiger partial charge in [0.05, 0.1) is 0 Å². The molecule has 1 nitrogen and oxygen atoms in total. The fourth-order valence-corrected chi connectivity index (χ4v) is 1.83. The molecule has 0 spiro atoms. The summed E-state index contributed by atoms with van der Waals surface area (Å²) in [4.78, 5) is 0. The molecule has 0 fully saturated rings. The summed E-state index contributed by atoms with van der Waals surface area (Å²) >= 11 is 0. The second-order valence-electron chi connectivity index (χ2n) is 4.11. The molecule has 1 heteroatoms. The van der Waals surface area contributed by atoms with Crippen LogP contribution in [0, 0.1) is 5.92 Å². The van der Waals surface area contributed by atoms with Gasteiger partial charge < -0.3 is 5.73 Å². The summed E-state index contributed by atoms with van der Waals surface area (Å²) in [5.41, 5.74) is 8.77. The summed E-state index contributed by atoms with van der Waals surface area (Å²) in [6.45, 7) is 6.46. The molecule has 1 aromatic carbocycles. The van der Waals surface area contributed by atoms with E-state index in [1.165, 1.54) is 17.5 Å². The first-order valence-corrected chi connectivity index (χ1v) is 5.54. The third-order valence-corrected chi connectivity index (χ3v) is 2.57. The minimum absolute atomic E-state index is 0.270. The quantitative estimate of drug-likeness (QED) is 0.669. The third-order valence-electron chi connectivity index (χ3n) is 2.57. The molecule has 2 atom stereocenters. The van der Waals surface area contributed by atoms with Gasteiger partial charge in [0.2, 0.25) is 0 Å². The van der Waals surface area contributed by atoms with Gasteiger partial charge in [0, 0.05) is 6.04 Å². The van der Waals surface area contributed by atoms with Crippen molar-refractivity contribution in [1.82, 2.24) is 0 Å². The van der Waals surface area contributed by atoms with Crippen LogP contribution in [0.2, 0.25) is 0 Å². The van der Waals surface area contributed by atoms with Gasteiger partial charge >= 0.3 is 0 Å². The highest BCUT2D eigenvalue weighted by atomic mass is 14.7. The zero-order valence-corrected chi connectivity index (χ0v) is 9.46. The Morgan fingerprint density at radius 3 is 2.43 bits per heavy atom. The first kappa shape index (κ1) is 11.3. The number of nitrogens with two attached hydrogens (primary N) is 1. The molecule has 1 aromatic rings. The van der Waals surface area contributed by atoms with Gasteiger partial charge in [0.1, 0.15) is 0 Å². The Morgan fingerprint density at radius 2 is 1.86 bits per heavy atom. The van der Waals surface area contributed by atoms with Crippen molar-refractivity contribution in [2.45, 2.75) is 39.7 Å². The summed E-state index contributed by atoms with van der Waals surface area (Å²) in [6, 6.07) is 8.74. The van der Waals surface area contributed by atoms with Gasteiger partial charge in [-0.15, -0.1) is 0 Å². The molecule has 14 heavy (non-hydrogen) atoms. The highest BCUT2D eigenvalue weighted by Crippen LogP contribution is 2.33. The van der Waals surface area contributed by atoms with Crippen LogP contribution in [0.3, 0.4) is 0 Å². The van der Waals surface area contributed by atoms with Crippen molar-refractivity contribution in [2.75, 3.05) is 0 Å². The molecular weight excluding hydrogens is 170 g/mol. The Kier molecular flexibility index (Phi) is 4.15.